The second-order valence-electron chi connectivity index (χ2n) is 6.57. The fourth-order valence-electron chi connectivity index (χ4n) is 3.69. The van der Waals surface area contributed by atoms with Crippen LogP contribution < -0.4 is 4.74 Å². The second-order valence-corrected chi connectivity index (χ2v) is 6.57. The Bertz CT molecular complexity index is 915. The molecule has 3 aromatic rings. The Hall–Kier alpha value is -2.75. The molecule has 0 bridgehead atoms. The molecule has 0 saturated heterocycles. The molecular weight excluding hydrogens is 312 g/mol. The first-order valence-electron chi connectivity index (χ1n) is 8.67. The molecule has 0 aliphatic carbocycles. The van der Waals surface area contributed by atoms with Gasteiger partial charge in [-0.15, -0.1) is 0 Å². The zero-order valence-corrected chi connectivity index (χ0v) is 14.7. The fraction of sp³-hybridized carbons (Fsp3) is 0.286. The third-order valence-electron chi connectivity index (χ3n) is 5.18. The van der Waals surface area contributed by atoms with Crippen LogP contribution in [0.4, 0.5) is 0 Å². The van der Waals surface area contributed by atoms with E-state index >= 15 is 0 Å². The lowest BCUT2D eigenvalue weighted by Gasteiger charge is -2.20. The SMILES string of the molecule is COc1ccc2c(c1)cc(C(=O)N1CCc3ccccc3CC1)n2C. The predicted molar refractivity (Wildman–Crippen MR) is 99.2 cm³/mol. The highest BCUT2D eigenvalue weighted by Gasteiger charge is 2.22. The molecule has 0 saturated carbocycles. The molecular formula is C21H22N2O2. The minimum absolute atomic E-state index is 0.102. The first-order valence-corrected chi connectivity index (χ1v) is 8.67. The molecule has 0 unspecified atom stereocenters. The maximum atomic E-state index is 13.1. The largest absolute Gasteiger partial charge is 0.497 e. The molecule has 0 atom stereocenters. The molecule has 1 aromatic heterocycles. The normalized spacial score (nSPS) is 14.2. The molecule has 0 fully saturated rings. The van der Waals surface area contributed by atoms with Crippen molar-refractivity contribution in [3.63, 3.8) is 0 Å². The predicted octanol–water partition coefficient (Wildman–Crippen LogP) is 3.43. The summed E-state index contributed by atoms with van der Waals surface area (Å²) in [5.41, 5.74) is 4.50. The molecule has 2 aromatic carbocycles. The number of ether oxygens (including phenoxy) is 1. The van der Waals surface area contributed by atoms with Crippen molar-refractivity contribution in [2.75, 3.05) is 20.2 Å². The van der Waals surface area contributed by atoms with Crippen LogP contribution in [0.1, 0.15) is 21.6 Å². The first kappa shape index (κ1) is 15.8. The van der Waals surface area contributed by atoms with Crippen molar-refractivity contribution in [1.29, 1.82) is 0 Å². The van der Waals surface area contributed by atoms with Gasteiger partial charge in [0.15, 0.2) is 0 Å². The minimum atomic E-state index is 0.102. The van der Waals surface area contributed by atoms with Crippen LogP contribution in [-0.4, -0.2) is 35.6 Å². The summed E-state index contributed by atoms with van der Waals surface area (Å²) in [4.78, 5) is 15.1. The van der Waals surface area contributed by atoms with Gasteiger partial charge in [0, 0.05) is 31.0 Å². The standard InChI is InChI=1S/C21H22N2O2/c1-22-19-8-7-18(25-2)13-17(19)14-20(22)21(24)23-11-9-15-5-3-4-6-16(15)10-12-23/h3-8,13-14H,9-12H2,1-2H3. The van der Waals surface area contributed by atoms with Gasteiger partial charge in [0.25, 0.3) is 5.91 Å². The van der Waals surface area contributed by atoms with Gasteiger partial charge in [0.1, 0.15) is 11.4 Å². The number of methoxy groups -OCH3 is 1. The van der Waals surface area contributed by atoms with Gasteiger partial charge < -0.3 is 14.2 Å². The molecule has 128 valence electrons. The lowest BCUT2D eigenvalue weighted by atomic mass is 10.0. The Balaban J connectivity index is 1.63. The Labute approximate surface area is 147 Å². The maximum Gasteiger partial charge on any atom is 0.270 e. The number of hydrogen-bond acceptors (Lipinski definition) is 2. The van der Waals surface area contributed by atoms with E-state index in [0.717, 1.165) is 48.3 Å². The zero-order chi connectivity index (χ0) is 17.4. The van der Waals surface area contributed by atoms with Crippen LogP contribution >= 0.6 is 0 Å². The summed E-state index contributed by atoms with van der Waals surface area (Å²) >= 11 is 0. The molecule has 2 heterocycles. The van der Waals surface area contributed by atoms with Crippen molar-refractivity contribution in [3.8, 4) is 5.75 Å². The maximum absolute atomic E-state index is 13.1. The Kier molecular flexibility index (Phi) is 3.96. The summed E-state index contributed by atoms with van der Waals surface area (Å²) in [7, 11) is 3.61. The summed E-state index contributed by atoms with van der Waals surface area (Å²) in [5, 5.41) is 1.03. The van der Waals surface area contributed by atoms with E-state index in [1.807, 2.05) is 40.8 Å². The second kappa shape index (κ2) is 6.28. The summed E-state index contributed by atoms with van der Waals surface area (Å²) in [6.07, 6.45) is 1.83. The first-order chi connectivity index (χ1) is 12.2. The lowest BCUT2D eigenvalue weighted by Crippen LogP contribution is -2.34. The van der Waals surface area contributed by atoms with Crippen LogP contribution in [0, 0.1) is 0 Å². The minimum Gasteiger partial charge on any atom is -0.497 e. The third kappa shape index (κ3) is 2.78. The summed E-state index contributed by atoms with van der Waals surface area (Å²) in [6, 6.07) is 16.4. The van der Waals surface area contributed by atoms with Crippen LogP contribution in [0.15, 0.2) is 48.5 Å². The number of fused-ring (bicyclic) bond motifs is 2. The van der Waals surface area contributed by atoms with E-state index in [4.69, 9.17) is 4.74 Å². The Morgan fingerprint density at radius 1 is 1.00 bits per heavy atom. The molecule has 4 heteroatoms. The van der Waals surface area contributed by atoms with Crippen LogP contribution in [0.3, 0.4) is 0 Å². The number of aryl methyl sites for hydroxylation is 1. The smallest absolute Gasteiger partial charge is 0.270 e. The number of nitrogens with zero attached hydrogens (tertiary/aromatic N) is 2. The average molecular weight is 334 g/mol. The van der Waals surface area contributed by atoms with E-state index < -0.39 is 0 Å². The monoisotopic (exact) mass is 334 g/mol. The van der Waals surface area contributed by atoms with E-state index in [9.17, 15) is 4.79 Å². The highest BCUT2D eigenvalue weighted by molar-refractivity contribution is 5.99. The fourth-order valence-corrected chi connectivity index (χ4v) is 3.69. The highest BCUT2D eigenvalue weighted by atomic mass is 16.5. The van der Waals surface area contributed by atoms with E-state index in [1.54, 1.807) is 7.11 Å². The topological polar surface area (TPSA) is 34.5 Å². The van der Waals surface area contributed by atoms with Gasteiger partial charge in [-0.05, 0) is 48.2 Å². The molecule has 4 nitrogen and oxygen atoms in total. The van der Waals surface area contributed by atoms with E-state index in [-0.39, 0.29) is 5.91 Å². The third-order valence-corrected chi connectivity index (χ3v) is 5.18. The average Bonchev–Trinajstić information content (AvgIpc) is 2.83. The molecule has 1 aliphatic rings. The van der Waals surface area contributed by atoms with Crippen LogP contribution in [0.2, 0.25) is 0 Å². The van der Waals surface area contributed by atoms with Crippen molar-refractivity contribution in [2.24, 2.45) is 7.05 Å². The van der Waals surface area contributed by atoms with E-state index in [2.05, 4.69) is 24.3 Å². The highest BCUT2D eigenvalue weighted by Crippen LogP contribution is 2.25. The molecule has 1 aliphatic heterocycles. The number of rotatable bonds is 2. The number of benzene rings is 2. The van der Waals surface area contributed by atoms with Crippen LogP contribution in [0.25, 0.3) is 10.9 Å². The number of aromatic nitrogens is 1. The molecule has 0 radical (unpaired) electrons. The van der Waals surface area contributed by atoms with Gasteiger partial charge in [-0.2, -0.15) is 0 Å². The van der Waals surface area contributed by atoms with E-state index in [1.165, 1.54) is 11.1 Å². The van der Waals surface area contributed by atoms with Crippen molar-refractivity contribution < 1.29 is 9.53 Å². The van der Waals surface area contributed by atoms with Gasteiger partial charge in [-0.25, -0.2) is 0 Å². The molecule has 25 heavy (non-hydrogen) atoms. The number of amides is 1. The molecule has 0 spiro atoms. The quantitative estimate of drug-likeness (QED) is 0.720. The van der Waals surface area contributed by atoms with Crippen molar-refractivity contribution in [3.05, 3.63) is 65.4 Å². The van der Waals surface area contributed by atoms with Gasteiger partial charge in [-0.1, -0.05) is 24.3 Å². The van der Waals surface area contributed by atoms with Crippen molar-refractivity contribution in [1.82, 2.24) is 9.47 Å². The zero-order valence-electron chi connectivity index (χ0n) is 14.7. The Morgan fingerprint density at radius 2 is 1.68 bits per heavy atom. The van der Waals surface area contributed by atoms with Crippen LogP contribution in [-0.2, 0) is 19.9 Å². The van der Waals surface area contributed by atoms with Crippen molar-refractivity contribution in [2.45, 2.75) is 12.8 Å². The molecule has 0 N–H and O–H groups in total. The van der Waals surface area contributed by atoms with Gasteiger partial charge >= 0.3 is 0 Å². The summed E-state index contributed by atoms with van der Waals surface area (Å²) in [6.45, 7) is 1.53. The number of hydrogen-bond donors (Lipinski definition) is 0. The van der Waals surface area contributed by atoms with Crippen LogP contribution in [0.5, 0.6) is 5.75 Å². The number of carbonyl (C=O) groups excluding carboxylic acids is 1. The summed E-state index contributed by atoms with van der Waals surface area (Å²) in [5.74, 6) is 0.910. The summed E-state index contributed by atoms with van der Waals surface area (Å²) < 4.78 is 7.28. The molecule has 1 amide bonds. The van der Waals surface area contributed by atoms with E-state index in [0.29, 0.717) is 0 Å². The van der Waals surface area contributed by atoms with Gasteiger partial charge in [0.05, 0.1) is 7.11 Å². The number of carbonyl (C=O) groups is 1. The Morgan fingerprint density at radius 3 is 2.32 bits per heavy atom. The lowest BCUT2D eigenvalue weighted by molar-refractivity contribution is 0.0754. The van der Waals surface area contributed by atoms with Gasteiger partial charge in [-0.3, -0.25) is 4.79 Å². The molecule has 4 rings (SSSR count). The van der Waals surface area contributed by atoms with Crippen molar-refractivity contribution >= 4 is 16.8 Å². The van der Waals surface area contributed by atoms with Gasteiger partial charge in [0.2, 0.25) is 0 Å².